The van der Waals surface area contributed by atoms with Crippen molar-refractivity contribution in [3.05, 3.63) is 53.9 Å². The molecule has 0 atom stereocenters. The third-order valence-corrected chi connectivity index (χ3v) is 3.15. The Balaban J connectivity index is 1.89. The molecule has 2 nitrogen and oxygen atoms in total. The summed E-state index contributed by atoms with van der Waals surface area (Å²) in [6, 6.07) is 10.9. The summed E-state index contributed by atoms with van der Waals surface area (Å²) in [6.45, 7) is 6.37. The zero-order chi connectivity index (χ0) is 12.8. The van der Waals surface area contributed by atoms with Gasteiger partial charge in [-0.1, -0.05) is 26.0 Å². The molecular formula is C16H22N2. The van der Waals surface area contributed by atoms with E-state index in [0.29, 0.717) is 0 Å². The number of nitrogens with one attached hydrogen (secondary N) is 1. The smallest absolute Gasteiger partial charge is 0.0415 e. The van der Waals surface area contributed by atoms with Crippen LogP contribution >= 0.6 is 0 Å². The van der Waals surface area contributed by atoms with Crippen LogP contribution in [0.25, 0.3) is 0 Å². The maximum atomic E-state index is 3.45. The summed E-state index contributed by atoms with van der Waals surface area (Å²) >= 11 is 0. The maximum absolute atomic E-state index is 3.45. The second kappa shape index (κ2) is 6.29. The van der Waals surface area contributed by atoms with Crippen molar-refractivity contribution in [2.24, 2.45) is 0 Å². The number of hydrogen-bond acceptors (Lipinski definition) is 1. The third-order valence-electron chi connectivity index (χ3n) is 3.15. The molecule has 1 heterocycles. The zero-order valence-electron chi connectivity index (χ0n) is 11.3. The summed E-state index contributed by atoms with van der Waals surface area (Å²) in [5.41, 5.74) is 3.91. The van der Waals surface area contributed by atoms with E-state index in [0.717, 1.165) is 19.5 Å². The minimum Gasteiger partial charge on any atom is -0.381 e. The molecule has 0 aliphatic rings. The fourth-order valence-electron chi connectivity index (χ4n) is 2.05. The second-order valence-electron chi connectivity index (χ2n) is 4.66. The molecule has 96 valence electrons. The van der Waals surface area contributed by atoms with Crippen LogP contribution in [0.2, 0.25) is 0 Å². The standard InChI is InChI=1S/C16H22N2/c1-3-10-18-11-9-15(13-18)12-17-16-7-5-14(4-2)6-8-16/h5-9,11,13,17H,3-4,10,12H2,1-2H3. The van der Waals surface area contributed by atoms with Gasteiger partial charge in [-0.15, -0.1) is 0 Å². The van der Waals surface area contributed by atoms with E-state index in [9.17, 15) is 0 Å². The minimum atomic E-state index is 0.891. The second-order valence-corrected chi connectivity index (χ2v) is 4.66. The van der Waals surface area contributed by atoms with Gasteiger partial charge in [0.05, 0.1) is 0 Å². The number of rotatable bonds is 6. The lowest BCUT2D eigenvalue weighted by atomic mass is 10.1. The van der Waals surface area contributed by atoms with E-state index in [1.807, 2.05) is 0 Å². The fraction of sp³-hybridized carbons (Fsp3) is 0.375. The Morgan fingerprint density at radius 2 is 1.78 bits per heavy atom. The molecule has 0 saturated heterocycles. The molecule has 0 aliphatic carbocycles. The van der Waals surface area contributed by atoms with Crippen molar-refractivity contribution in [1.82, 2.24) is 4.57 Å². The summed E-state index contributed by atoms with van der Waals surface area (Å²) in [6.07, 6.45) is 6.65. The highest BCUT2D eigenvalue weighted by atomic mass is 14.9. The molecule has 1 aromatic carbocycles. The SMILES string of the molecule is CCCn1ccc(CNc2ccc(CC)cc2)c1. The van der Waals surface area contributed by atoms with E-state index in [-0.39, 0.29) is 0 Å². The van der Waals surface area contributed by atoms with Gasteiger partial charge in [0.1, 0.15) is 0 Å². The molecule has 2 heteroatoms. The Labute approximate surface area is 110 Å². The Morgan fingerprint density at radius 3 is 2.44 bits per heavy atom. The molecule has 18 heavy (non-hydrogen) atoms. The summed E-state index contributed by atoms with van der Waals surface area (Å²) in [5, 5.41) is 3.45. The number of hydrogen-bond donors (Lipinski definition) is 1. The van der Waals surface area contributed by atoms with E-state index in [2.05, 4.69) is 66.5 Å². The van der Waals surface area contributed by atoms with Crippen molar-refractivity contribution in [2.75, 3.05) is 5.32 Å². The van der Waals surface area contributed by atoms with Gasteiger partial charge in [-0.25, -0.2) is 0 Å². The van der Waals surface area contributed by atoms with Crippen LogP contribution in [0.3, 0.4) is 0 Å². The maximum Gasteiger partial charge on any atom is 0.0415 e. The van der Waals surface area contributed by atoms with Crippen LogP contribution in [0.15, 0.2) is 42.7 Å². The van der Waals surface area contributed by atoms with Crippen LogP contribution in [-0.2, 0) is 19.5 Å². The van der Waals surface area contributed by atoms with Crippen LogP contribution < -0.4 is 5.32 Å². The van der Waals surface area contributed by atoms with Crippen molar-refractivity contribution < 1.29 is 0 Å². The fourth-order valence-corrected chi connectivity index (χ4v) is 2.05. The molecule has 0 fully saturated rings. The first-order chi connectivity index (χ1) is 8.81. The molecule has 0 saturated carbocycles. The van der Waals surface area contributed by atoms with Crippen molar-refractivity contribution >= 4 is 5.69 Å². The van der Waals surface area contributed by atoms with Crippen molar-refractivity contribution in [2.45, 2.75) is 39.8 Å². The van der Waals surface area contributed by atoms with Gasteiger partial charge in [0.25, 0.3) is 0 Å². The molecular weight excluding hydrogens is 220 g/mol. The summed E-state index contributed by atoms with van der Waals surface area (Å²) in [7, 11) is 0. The largest absolute Gasteiger partial charge is 0.381 e. The summed E-state index contributed by atoms with van der Waals surface area (Å²) < 4.78 is 2.25. The molecule has 0 radical (unpaired) electrons. The lowest BCUT2D eigenvalue weighted by Crippen LogP contribution is -1.99. The number of benzene rings is 1. The normalized spacial score (nSPS) is 10.6. The van der Waals surface area contributed by atoms with Crippen LogP contribution in [0.1, 0.15) is 31.4 Å². The first kappa shape index (κ1) is 12.7. The number of anilines is 1. The van der Waals surface area contributed by atoms with E-state index in [4.69, 9.17) is 0 Å². The molecule has 0 aliphatic heterocycles. The van der Waals surface area contributed by atoms with Gasteiger partial charge in [0, 0.05) is 31.2 Å². The Bertz CT molecular complexity index is 468. The Hall–Kier alpha value is -1.70. The predicted octanol–water partition coefficient (Wildman–Crippen LogP) is 4.07. The first-order valence-corrected chi connectivity index (χ1v) is 6.79. The molecule has 2 aromatic rings. The average molecular weight is 242 g/mol. The third kappa shape index (κ3) is 3.39. The summed E-state index contributed by atoms with van der Waals surface area (Å²) in [5.74, 6) is 0. The van der Waals surface area contributed by atoms with Gasteiger partial charge >= 0.3 is 0 Å². The molecule has 0 unspecified atom stereocenters. The highest BCUT2D eigenvalue weighted by Gasteiger charge is 1.97. The minimum absolute atomic E-state index is 0.891. The average Bonchev–Trinajstić information content (AvgIpc) is 2.85. The lowest BCUT2D eigenvalue weighted by Gasteiger charge is -2.06. The molecule has 1 aromatic heterocycles. The summed E-state index contributed by atoms with van der Waals surface area (Å²) in [4.78, 5) is 0. The topological polar surface area (TPSA) is 17.0 Å². The van der Waals surface area contributed by atoms with Crippen LogP contribution in [0.4, 0.5) is 5.69 Å². The molecule has 1 N–H and O–H groups in total. The van der Waals surface area contributed by atoms with Crippen molar-refractivity contribution in [3.8, 4) is 0 Å². The zero-order valence-corrected chi connectivity index (χ0v) is 11.3. The van der Waals surface area contributed by atoms with E-state index >= 15 is 0 Å². The van der Waals surface area contributed by atoms with E-state index < -0.39 is 0 Å². The van der Waals surface area contributed by atoms with Gasteiger partial charge in [-0.2, -0.15) is 0 Å². The van der Waals surface area contributed by atoms with Crippen LogP contribution in [0.5, 0.6) is 0 Å². The molecule has 0 spiro atoms. The number of nitrogens with zero attached hydrogens (tertiary/aromatic N) is 1. The first-order valence-electron chi connectivity index (χ1n) is 6.79. The van der Waals surface area contributed by atoms with Gasteiger partial charge in [0.15, 0.2) is 0 Å². The van der Waals surface area contributed by atoms with Gasteiger partial charge in [-0.05, 0) is 42.2 Å². The molecule has 0 bridgehead atoms. The van der Waals surface area contributed by atoms with E-state index in [1.165, 1.54) is 23.2 Å². The monoisotopic (exact) mass is 242 g/mol. The van der Waals surface area contributed by atoms with Crippen molar-refractivity contribution in [1.29, 1.82) is 0 Å². The lowest BCUT2D eigenvalue weighted by molar-refractivity contribution is 0.682. The molecule has 2 rings (SSSR count). The van der Waals surface area contributed by atoms with Gasteiger partial charge in [0.2, 0.25) is 0 Å². The van der Waals surface area contributed by atoms with E-state index in [1.54, 1.807) is 0 Å². The molecule has 0 amide bonds. The van der Waals surface area contributed by atoms with Gasteiger partial charge in [-0.3, -0.25) is 0 Å². The Morgan fingerprint density at radius 1 is 1.00 bits per heavy atom. The van der Waals surface area contributed by atoms with Gasteiger partial charge < -0.3 is 9.88 Å². The van der Waals surface area contributed by atoms with Crippen LogP contribution in [-0.4, -0.2) is 4.57 Å². The quantitative estimate of drug-likeness (QED) is 0.808. The van der Waals surface area contributed by atoms with Crippen molar-refractivity contribution in [3.63, 3.8) is 0 Å². The predicted molar refractivity (Wildman–Crippen MR) is 77.9 cm³/mol. The number of aryl methyl sites for hydroxylation is 2. The highest BCUT2D eigenvalue weighted by Crippen LogP contribution is 2.12. The van der Waals surface area contributed by atoms with Crippen LogP contribution in [0, 0.1) is 0 Å². The number of aromatic nitrogens is 1. The highest BCUT2D eigenvalue weighted by molar-refractivity contribution is 5.45. The Kier molecular flexibility index (Phi) is 4.46.